The molecule has 0 fully saturated rings. The van der Waals surface area contributed by atoms with Gasteiger partial charge in [0, 0.05) is 18.2 Å². The first-order valence-corrected chi connectivity index (χ1v) is 7.54. The number of carbonyl (C=O) groups excluding carboxylic acids is 1. The van der Waals surface area contributed by atoms with E-state index in [1.807, 2.05) is 17.0 Å². The number of hydrogen-bond donors (Lipinski definition) is 1. The summed E-state index contributed by atoms with van der Waals surface area (Å²) in [6.45, 7) is 7.19. The molecule has 2 rings (SSSR count). The highest BCUT2D eigenvalue weighted by molar-refractivity contribution is 5.96. The fourth-order valence-corrected chi connectivity index (χ4v) is 3.03. The van der Waals surface area contributed by atoms with Crippen LogP contribution in [0.25, 0.3) is 0 Å². The Morgan fingerprint density at radius 3 is 2.75 bits per heavy atom. The molecule has 1 aliphatic heterocycles. The van der Waals surface area contributed by atoms with E-state index in [4.69, 9.17) is 5.73 Å². The second-order valence-electron chi connectivity index (χ2n) is 6.65. The van der Waals surface area contributed by atoms with Crippen LogP contribution in [0.2, 0.25) is 0 Å². The fourth-order valence-electron chi connectivity index (χ4n) is 3.03. The van der Waals surface area contributed by atoms with Crippen LogP contribution in [0, 0.1) is 5.41 Å². The van der Waals surface area contributed by atoms with Gasteiger partial charge < -0.3 is 10.6 Å². The van der Waals surface area contributed by atoms with Crippen molar-refractivity contribution in [1.29, 1.82) is 0 Å². The average Bonchev–Trinajstić information content (AvgIpc) is 2.72. The number of rotatable bonds is 5. The van der Waals surface area contributed by atoms with E-state index in [0.29, 0.717) is 13.0 Å². The van der Waals surface area contributed by atoms with Gasteiger partial charge >= 0.3 is 0 Å². The Bertz CT molecular complexity index is 482. The van der Waals surface area contributed by atoms with E-state index in [2.05, 4.69) is 32.9 Å². The topological polar surface area (TPSA) is 46.3 Å². The maximum absolute atomic E-state index is 12.6. The summed E-state index contributed by atoms with van der Waals surface area (Å²) in [5, 5.41) is 0. The molecule has 0 bridgehead atoms. The van der Waals surface area contributed by atoms with E-state index in [1.54, 1.807) is 0 Å². The number of benzene rings is 1. The van der Waals surface area contributed by atoms with Gasteiger partial charge in [-0.15, -0.1) is 0 Å². The SMILES string of the molecule is CC1Cc2ccccc2N1C(=O)CCC(C)(C)CCN. The minimum Gasteiger partial charge on any atom is -0.330 e. The highest BCUT2D eigenvalue weighted by atomic mass is 16.2. The minimum atomic E-state index is 0.146. The Hall–Kier alpha value is -1.35. The summed E-state index contributed by atoms with van der Waals surface area (Å²) in [6.07, 6.45) is 3.43. The number of nitrogens with two attached hydrogens (primary N) is 1. The third-order valence-electron chi connectivity index (χ3n) is 4.31. The molecule has 0 spiro atoms. The number of hydrogen-bond acceptors (Lipinski definition) is 2. The molecule has 1 aliphatic rings. The summed E-state index contributed by atoms with van der Waals surface area (Å²) in [4.78, 5) is 14.5. The van der Waals surface area contributed by atoms with Crippen molar-refractivity contribution in [2.24, 2.45) is 11.1 Å². The van der Waals surface area contributed by atoms with Crippen molar-refractivity contribution in [3.05, 3.63) is 29.8 Å². The van der Waals surface area contributed by atoms with E-state index in [0.717, 1.165) is 24.9 Å². The van der Waals surface area contributed by atoms with Crippen LogP contribution in [0.3, 0.4) is 0 Å². The van der Waals surface area contributed by atoms with Gasteiger partial charge in [0.15, 0.2) is 0 Å². The van der Waals surface area contributed by atoms with Crippen molar-refractivity contribution in [2.45, 2.75) is 52.5 Å². The van der Waals surface area contributed by atoms with Gasteiger partial charge in [-0.2, -0.15) is 0 Å². The number of anilines is 1. The molecular weight excluding hydrogens is 248 g/mol. The lowest BCUT2D eigenvalue weighted by molar-refractivity contribution is -0.119. The molecule has 0 aliphatic carbocycles. The number of nitrogens with zero attached hydrogens (tertiary/aromatic N) is 1. The van der Waals surface area contributed by atoms with Crippen molar-refractivity contribution < 1.29 is 4.79 Å². The first kappa shape index (κ1) is 15.0. The van der Waals surface area contributed by atoms with Crippen molar-refractivity contribution in [3.63, 3.8) is 0 Å². The Balaban J connectivity index is 2.03. The first-order chi connectivity index (χ1) is 9.44. The summed E-state index contributed by atoms with van der Waals surface area (Å²) < 4.78 is 0. The minimum absolute atomic E-state index is 0.146. The first-order valence-electron chi connectivity index (χ1n) is 7.54. The molecule has 1 amide bonds. The molecule has 0 radical (unpaired) electrons. The predicted molar refractivity (Wildman–Crippen MR) is 83.8 cm³/mol. The van der Waals surface area contributed by atoms with Crippen LogP contribution < -0.4 is 10.6 Å². The van der Waals surface area contributed by atoms with Gasteiger partial charge in [0.1, 0.15) is 0 Å². The van der Waals surface area contributed by atoms with Crippen LogP contribution in [0.1, 0.15) is 45.6 Å². The second kappa shape index (κ2) is 5.96. The van der Waals surface area contributed by atoms with Crippen LogP contribution in [0.5, 0.6) is 0 Å². The van der Waals surface area contributed by atoms with Crippen LogP contribution in [0.4, 0.5) is 5.69 Å². The molecule has 110 valence electrons. The standard InChI is InChI=1S/C17H26N2O/c1-13-12-14-6-4-5-7-15(14)19(13)16(20)8-9-17(2,3)10-11-18/h4-7,13H,8-12,18H2,1-3H3. The lowest BCUT2D eigenvalue weighted by atomic mass is 9.84. The fraction of sp³-hybridized carbons (Fsp3) is 0.588. The van der Waals surface area contributed by atoms with Crippen LogP contribution in [-0.2, 0) is 11.2 Å². The highest BCUT2D eigenvalue weighted by Crippen LogP contribution is 2.34. The van der Waals surface area contributed by atoms with Crippen LogP contribution >= 0.6 is 0 Å². The number of para-hydroxylation sites is 1. The maximum atomic E-state index is 12.6. The Kier molecular flexibility index (Phi) is 4.48. The zero-order valence-electron chi connectivity index (χ0n) is 12.9. The number of fused-ring (bicyclic) bond motifs is 1. The molecule has 1 unspecified atom stereocenters. The molecule has 0 saturated carbocycles. The number of carbonyl (C=O) groups is 1. The summed E-state index contributed by atoms with van der Waals surface area (Å²) in [6, 6.07) is 8.51. The molecule has 1 aromatic rings. The lowest BCUT2D eigenvalue weighted by Crippen LogP contribution is -2.36. The smallest absolute Gasteiger partial charge is 0.227 e. The molecular formula is C17H26N2O. The molecule has 20 heavy (non-hydrogen) atoms. The molecule has 3 heteroatoms. The molecule has 2 N–H and O–H groups in total. The van der Waals surface area contributed by atoms with E-state index in [-0.39, 0.29) is 17.4 Å². The maximum Gasteiger partial charge on any atom is 0.227 e. The quantitative estimate of drug-likeness (QED) is 0.896. The molecule has 0 aromatic heterocycles. The summed E-state index contributed by atoms with van der Waals surface area (Å²) in [5.41, 5.74) is 8.16. The summed E-state index contributed by atoms with van der Waals surface area (Å²) in [5.74, 6) is 0.243. The summed E-state index contributed by atoms with van der Waals surface area (Å²) >= 11 is 0. The van der Waals surface area contributed by atoms with Crippen molar-refractivity contribution in [1.82, 2.24) is 0 Å². The van der Waals surface area contributed by atoms with Gasteiger partial charge in [0.2, 0.25) is 5.91 Å². The van der Waals surface area contributed by atoms with Crippen molar-refractivity contribution >= 4 is 11.6 Å². The van der Waals surface area contributed by atoms with Crippen LogP contribution in [-0.4, -0.2) is 18.5 Å². The molecule has 1 atom stereocenters. The Morgan fingerprint density at radius 1 is 1.35 bits per heavy atom. The lowest BCUT2D eigenvalue weighted by Gasteiger charge is -2.27. The zero-order chi connectivity index (χ0) is 14.8. The highest BCUT2D eigenvalue weighted by Gasteiger charge is 2.31. The Morgan fingerprint density at radius 2 is 2.05 bits per heavy atom. The van der Waals surface area contributed by atoms with E-state index in [1.165, 1.54) is 5.56 Å². The summed E-state index contributed by atoms with van der Waals surface area (Å²) in [7, 11) is 0. The van der Waals surface area contributed by atoms with Gasteiger partial charge in [-0.3, -0.25) is 4.79 Å². The molecule has 1 heterocycles. The molecule has 0 saturated heterocycles. The van der Waals surface area contributed by atoms with Crippen molar-refractivity contribution in [3.8, 4) is 0 Å². The predicted octanol–water partition coefficient (Wildman–Crippen LogP) is 3.12. The third-order valence-corrected chi connectivity index (χ3v) is 4.31. The average molecular weight is 274 g/mol. The normalized spacial score (nSPS) is 18.2. The van der Waals surface area contributed by atoms with E-state index >= 15 is 0 Å². The van der Waals surface area contributed by atoms with Crippen molar-refractivity contribution in [2.75, 3.05) is 11.4 Å². The van der Waals surface area contributed by atoms with Gasteiger partial charge in [-0.25, -0.2) is 0 Å². The molecule has 3 nitrogen and oxygen atoms in total. The monoisotopic (exact) mass is 274 g/mol. The van der Waals surface area contributed by atoms with Gasteiger partial charge in [-0.05, 0) is 49.8 Å². The van der Waals surface area contributed by atoms with Gasteiger partial charge in [0.25, 0.3) is 0 Å². The van der Waals surface area contributed by atoms with Gasteiger partial charge in [-0.1, -0.05) is 32.0 Å². The van der Waals surface area contributed by atoms with Crippen LogP contribution in [0.15, 0.2) is 24.3 Å². The zero-order valence-corrected chi connectivity index (χ0v) is 12.9. The van der Waals surface area contributed by atoms with E-state index in [9.17, 15) is 4.79 Å². The third kappa shape index (κ3) is 3.21. The van der Waals surface area contributed by atoms with Gasteiger partial charge in [0.05, 0.1) is 0 Å². The molecule has 1 aromatic carbocycles. The Labute approximate surface area is 122 Å². The number of amides is 1. The van der Waals surface area contributed by atoms with E-state index < -0.39 is 0 Å². The largest absolute Gasteiger partial charge is 0.330 e. The second-order valence-corrected chi connectivity index (χ2v) is 6.65.